The number of hydrogen-bond acceptors (Lipinski definition) is 3. The van der Waals surface area contributed by atoms with E-state index in [9.17, 15) is 4.79 Å². The van der Waals surface area contributed by atoms with Gasteiger partial charge in [0.05, 0.1) is 12.1 Å². The Labute approximate surface area is 106 Å². The van der Waals surface area contributed by atoms with E-state index in [1.165, 1.54) is 0 Å². The number of amides is 1. The van der Waals surface area contributed by atoms with E-state index in [4.69, 9.17) is 9.47 Å². The molecule has 0 rings (SSSR count). The van der Waals surface area contributed by atoms with Crippen molar-refractivity contribution in [3.8, 4) is 0 Å². The van der Waals surface area contributed by atoms with Crippen LogP contribution in [-0.2, 0) is 9.47 Å². The highest BCUT2D eigenvalue weighted by molar-refractivity contribution is 9.09. The second-order valence-corrected chi connectivity index (χ2v) is 5.43. The lowest BCUT2D eigenvalue weighted by Gasteiger charge is -2.28. The zero-order chi connectivity index (χ0) is 12.8. The van der Waals surface area contributed by atoms with Gasteiger partial charge in [-0.1, -0.05) is 15.9 Å². The predicted octanol–water partition coefficient (Wildman–Crippen LogP) is 2.70. The van der Waals surface area contributed by atoms with Crippen LogP contribution >= 0.6 is 15.9 Å². The smallest absolute Gasteiger partial charge is 0.407 e. The fourth-order valence-corrected chi connectivity index (χ4v) is 1.42. The number of alkyl halides is 1. The average Bonchev–Trinajstić information content (AvgIpc) is 2.13. The highest BCUT2D eigenvalue weighted by Crippen LogP contribution is 2.13. The van der Waals surface area contributed by atoms with E-state index in [1.54, 1.807) is 0 Å². The van der Waals surface area contributed by atoms with Gasteiger partial charge < -0.3 is 14.8 Å². The molecule has 1 unspecified atom stereocenters. The first-order chi connectivity index (χ1) is 7.22. The standard InChI is InChI=1S/C11H22BrNO3/c1-6-15-11(5,7-12)8-13-9(14)16-10(2,3)4/h6-8H2,1-5H3,(H,13,14). The first-order valence-electron chi connectivity index (χ1n) is 5.39. The van der Waals surface area contributed by atoms with Gasteiger partial charge in [-0.15, -0.1) is 0 Å². The summed E-state index contributed by atoms with van der Waals surface area (Å²) in [7, 11) is 0. The van der Waals surface area contributed by atoms with E-state index in [0.717, 1.165) is 0 Å². The molecule has 4 nitrogen and oxygen atoms in total. The van der Waals surface area contributed by atoms with E-state index >= 15 is 0 Å². The molecule has 0 fully saturated rings. The van der Waals surface area contributed by atoms with Gasteiger partial charge in [0.1, 0.15) is 5.60 Å². The van der Waals surface area contributed by atoms with Crippen LogP contribution in [0.25, 0.3) is 0 Å². The van der Waals surface area contributed by atoms with Gasteiger partial charge in [-0.2, -0.15) is 0 Å². The van der Waals surface area contributed by atoms with Crippen LogP contribution in [0.15, 0.2) is 0 Å². The van der Waals surface area contributed by atoms with Crippen LogP contribution in [0.1, 0.15) is 34.6 Å². The highest BCUT2D eigenvalue weighted by Gasteiger charge is 2.25. The van der Waals surface area contributed by atoms with E-state index in [-0.39, 0.29) is 0 Å². The van der Waals surface area contributed by atoms with Crippen LogP contribution in [0.2, 0.25) is 0 Å². The summed E-state index contributed by atoms with van der Waals surface area (Å²) in [5, 5.41) is 3.36. The number of hydrogen-bond donors (Lipinski definition) is 1. The van der Waals surface area contributed by atoms with Crippen molar-refractivity contribution in [3.05, 3.63) is 0 Å². The van der Waals surface area contributed by atoms with Crippen molar-refractivity contribution in [1.29, 1.82) is 0 Å². The maximum absolute atomic E-state index is 11.4. The maximum Gasteiger partial charge on any atom is 0.407 e. The minimum atomic E-state index is -0.472. The van der Waals surface area contributed by atoms with Gasteiger partial charge in [0.25, 0.3) is 0 Å². The molecular weight excluding hydrogens is 274 g/mol. The number of rotatable bonds is 5. The second-order valence-electron chi connectivity index (χ2n) is 4.87. The predicted molar refractivity (Wildman–Crippen MR) is 68.1 cm³/mol. The minimum Gasteiger partial charge on any atom is -0.444 e. The molecule has 0 aromatic carbocycles. The number of alkyl carbamates (subject to hydrolysis) is 1. The summed E-state index contributed by atoms with van der Waals surface area (Å²) in [6, 6.07) is 0. The molecule has 0 radical (unpaired) electrons. The van der Waals surface area contributed by atoms with Crippen molar-refractivity contribution < 1.29 is 14.3 Å². The Morgan fingerprint density at radius 1 is 1.31 bits per heavy atom. The SMILES string of the molecule is CCOC(C)(CBr)CNC(=O)OC(C)(C)C. The van der Waals surface area contributed by atoms with E-state index in [2.05, 4.69) is 21.2 Å². The normalized spacial score (nSPS) is 15.4. The van der Waals surface area contributed by atoms with E-state index in [0.29, 0.717) is 18.5 Å². The molecule has 0 aliphatic heterocycles. The summed E-state index contributed by atoms with van der Waals surface area (Å²) in [6.07, 6.45) is -0.417. The molecule has 0 spiro atoms. The molecule has 5 heteroatoms. The molecule has 0 aromatic heterocycles. The van der Waals surface area contributed by atoms with E-state index in [1.807, 2.05) is 34.6 Å². The molecule has 1 atom stereocenters. The molecule has 0 bridgehead atoms. The first-order valence-corrected chi connectivity index (χ1v) is 6.51. The second kappa shape index (κ2) is 6.45. The lowest BCUT2D eigenvalue weighted by atomic mass is 10.1. The molecule has 0 aromatic rings. The topological polar surface area (TPSA) is 47.6 Å². The summed E-state index contributed by atoms with van der Waals surface area (Å²) in [6.45, 7) is 10.4. The Kier molecular flexibility index (Phi) is 6.33. The summed E-state index contributed by atoms with van der Waals surface area (Å²) in [5.41, 5.74) is -0.869. The molecular formula is C11H22BrNO3. The number of halogens is 1. The zero-order valence-corrected chi connectivity index (χ0v) is 12.3. The first kappa shape index (κ1) is 15.7. The van der Waals surface area contributed by atoms with Crippen molar-refractivity contribution in [2.24, 2.45) is 0 Å². The number of carbonyl (C=O) groups excluding carboxylic acids is 1. The summed E-state index contributed by atoms with van der Waals surface area (Å²) in [4.78, 5) is 11.4. The quantitative estimate of drug-likeness (QED) is 0.794. The lowest BCUT2D eigenvalue weighted by molar-refractivity contribution is -0.00824. The third-order valence-electron chi connectivity index (χ3n) is 1.78. The molecule has 1 N–H and O–H groups in total. The van der Waals surface area contributed by atoms with Gasteiger partial charge in [-0.3, -0.25) is 0 Å². The molecule has 0 saturated carbocycles. The van der Waals surface area contributed by atoms with Crippen molar-refractivity contribution in [1.82, 2.24) is 5.32 Å². The molecule has 0 aliphatic carbocycles. The molecule has 1 amide bonds. The molecule has 0 heterocycles. The van der Waals surface area contributed by atoms with Gasteiger partial charge in [0.15, 0.2) is 0 Å². The molecule has 96 valence electrons. The average molecular weight is 296 g/mol. The fourth-order valence-electron chi connectivity index (χ4n) is 1.06. The monoisotopic (exact) mass is 295 g/mol. The van der Waals surface area contributed by atoms with Crippen LogP contribution in [-0.4, -0.2) is 35.8 Å². The van der Waals surface area contributed by atoms with Crippen molar-refractivity contribution >= 4 is 22.0 Å². The van der Waals surface area contributed by atoms with Gasteiger partial charge >= 0.3 is 6.09 Å². The third-order valence-corrected chi connectivity index (χ3v) is 2.97. The van der Waals surface area contributed by atoms with Crippen LogP contribution in [0.5, 0.6) is 0 Å². The summed E-state index contributed by atoms with van der Waals surface area (Å²) >= 11 is 3.37. The van der Waals surface area contributed by atoms with E-state index < -0.39 is 17.3 Å². The van der Waals surface area contributed by atoms with Crippen molar-refractivity contribution in [2.45, 2.75) is 45.8 Å². The van der Waals surface area contributed by atoms with Crippen molar-refractivity contribution in [2.75, 3.05) is 18.5 Å². The Hall–Kier alpha value is -0.290. The minimum absolute atomic E-state index is 0.397. The van der Waals surface area contributed by atoms with Gasteiger partial charge in [-0.05, 0) is 34.6 Å². The largest absolute Gasteiger partial charge is 0.444 e. The Balaban J connectivity index is 4.07. The van der Waals surface area contributed by atoms with Crippen LogP contribution < -0.4 is 5.32 Å². The Morgan fingerprint density at radius 3 is 2.25 bits per heavy atom. The lowest BCUT2D eigenvalue weighted by Crippen LogP contribution is -2.45. The van der Waals surface area contributed by atoms with Crippen LogP contribution in [0.4, 0.5) is 4.79 Å². The third kappa shape index (κ3) is 7.06. The molecule has 0 aliphatic rings. The summed E-state index contributed by atoms with van der Waals surface area (Å²) in [5.74, 6) is 0. The summed E-state index contributed by atoms with van der Waals surface area (Å²) < 4.78 is 10.7. The molecule has 16 heavy (non-hydrogen) atoms. The van der Waals surface area contributed by atoms with Gasteiger partial charge in [0, 0.05) is 11.9 Å². The molecule has 0 saturated heterocycles. The van der Waals surface area contributed by atoms with Gasteiger partial charge in [0.2, 0.25) is 0 Å². The Morgan fingerprint density at radius 2 is 1.88 bits per heavy atom. The van der Waals surface area contributed by atoms with Gasteiger partial charge in [-0.25, -0.2) is 4.79 Å². The van der Waals surface area contributed by atoms with Crippen LogP contribution in [0.3, 0.4) is 0 Å². The maximum atomic E-state index is 11.4. The Bertz CT molecular complexity index is 228. The highest BCUT2D eigenvalue weighted by atomic mass is 79.9. The van der Waals surface area contributed by atoms with Crippen molar-refractivity contribution in [3.63, 3.8) is 0 Å². The van der Waals surface area contributed by atoms with Crippen LogP contribution in [0, 0.1) is 0 Å². The fraction of sp³-hybridized carbons (Fsp3) is 0.909. The number of ether oxygens (including phenoxy) is 2. The number of carbonyl (C=O) groups is 1. The number of nitrogens with one attached hydrogen (secondary N) is 1. The zero-order valence-electron chi connectivity index (χ0n) is 10.7.